The minimum atomic E-state index is -0.276. The molecule has 1 atom stereocenters. The van der Waals surface area contributed by atoms with Crippen LogP contribution in [0.4, 0.5) is 0 Å². The highest BCUT2D eigenvalue weighted by Crippen LogP contribution is 2.26. The molecule has 0 aliphatic rings. The molecule has 20 heavy (non-hydrogen) atoms. The van der Waals surface area contributed by atoms with Crippen LogP contribution in [-0.4, -0.2) is 30.5 Å². The number of rotatable bonds is 6. The third-order valence-electron chi connectivity index (χ3n) is 3.09. The van der Waals surface area contributed by atoms with Crippen LogP contribution in [0, 0.1) is 0 Å². The van der Waals surface area contributed by atoms with Crippen molar-refractivity contribution in [3.63, 3.8) is 0 Å². The molecule has 0 fully saturated rings. The van der Waals surface area contributed by atoms with Gasteiger partial charge in [0, 0.05) is 17.5 Å². The van der Waals surface area contributed by atoms with E-state index < -0.39 is 0 Å². The topological polar surface area (TPSA) is 58.9 Å². The number of para-hydroxylation sites is 1. The Morgan fingerprint density at radius 1 is 1.05 bits per heavy atom. The van der Waals surface area contributed by atoms with Crippen molar-refractivity contribution in [2.24, 2.45) is 0 Å². The zero-order valence-corrected chi connectivity index (χ0v) is 11.3. The fraction of sp³-hybridized carbons (Fsp3) is 0.250. The lowest BCUT2D eigenvalue weighted by Gasteiger charge is -2.17. The van der Waals surface area contributed by atoms with Crippen LogP contribution in [0.25, 0.3) is 0 Å². The van der Waals surface area contributed by atoms with Crippen LogP contribution in [0.3, 0.4) is 0 Å². The van der Waals surface area contributed by atoms with Crippen LogP contribution in [0.1, 0.15) is 11.5 Å². The molecule has 0 bridgehead atoms. The Morgan fingerprint density at radius 3 is 2.50 bits per heavy atom. The number of methoxy groups -OCH3 is 1. The molecule has 0 heterocycles. The summed E-state index contributed by atoms with van der Waals surface area (Å²) in [6, 6.07) is 14.2. The Hall–Kier alpha value is -2.20. The van der Waals surface area contributed by atoms with E-state index in [1.807, 2.05) is 24.3 Å². The molecule has 2 rings (SSSR count). The van der Waals surface area contributed by atoms with Gasteiger partial charge in [-0.2, -0.15) is 0 Å². The maximum Gasteiger partial charge on any atom is 0.123 e. The number of aromatic hydroxyl groups is 1. The van der Waals surface area contributed by atoms with Crippen LogP contribution in [0.5, 0.6) is 17.2 Å². The first-order valence-electron chi connectivity index (χ1n) is 6.40. The van der Waals surface area contributed by atoms with Gasteiger partial charge < -0.3 is 19.7 Å². The third-order valence-corrected chi connectivity index (χ3v) is 3.09. The Labute approximate surface area is 118 Å². The summed E-state index contributed by atoms with van der Waals surface area (Å²) in [5.41, 5.74) is 0.679. The first kappa shape index (κ1) is 14.2. The molecule has 0 amide bonds. The highest BCUT2D eigenvalue weighted by Gasteiger charge is 2.15. The van der Waals surface area contributed by atoms with E-state index in [2.05, 4.69) is 0 Å². The average Bonchev–Trinajstić information content (AvgIpc) is 2.49. The standard InChI is InChI=1S/C16H18O4/c1-19-13-5-4-6-14(9-13)20-11-12(10-17)15-7-2-3-8-16(15)18/h2-9,12,17-18H,10-11H2,1H3. The number of hydrogen-bond donors (Lipinski definition) is 2. The van der Waals surface area contributed by atoms with Crippen molar-refractivity contribution in [2.45, 2.75) is 5.92 Å². The van der Waals surface area contributed by atoms with Crippen molar-refractivity contribution in [1.29, 1.82) is 0 Å². The van der Waals surface area contributed by atoms with Crippen LogP contribution in [0.15, 0.2) is 48.5 Å². The largest absolute Gasteiger partial charge is 0.508 e. The van der Waals surface area contributed by atoms with Crippen LogP contribution >= 0.6 is 0 Å². The molecular formula is C16H18O4. The Bertz CT molecular complexity index is 554. The third kappa shape index (κ3) is 3.42. The first-order chi connectivity index (χ1) is 9.74. The molecule has 2 N–H and O–H groups in total. The Balaban J connectivity index is 2.06. The van der Waals surface area contributed by atoms with E-state index in [9.17, 15) is 10.2 Å². The summed E-state index contributed by atoms with van der Waals surface area (Å²) in [4.78, 5) is 0. The van der Waals surface area contributed by atoms with Gasteiger partial charge in [0.25, 0.3) is 0 Å². The number of phenols is 1. The molecule has 2 aromatic carbocycles. The first-order valence-corrected chi connectivity index (χ1v) is 6.40. The number of benzene rings is 2. The van der Waals surface area contributed by atoms with Crippen molar-refractivity contribution in [3.8, 4) is 17.2 Å². The SMILES string of the molecule is COc1cccc(OCC(CO)c2ccccc2O)c1. The lowest BCUT2D eigenvalue weighted by atomic mass is 10.00. The van der Waals surface area contributed by atoms with Crippen molar-refractivity contribution in [3.05, 3.63) is 54.1 Å². The normalized spacial score (nSPS) is 11.9. The van der Waals surface area contributed by atoms with Crippen molar-refractivity contribution < 1.29 is 19.7 Å². The second kappa shape index (κ2) is 6.82. The zero-order valence-electron chi connectivity index (χ0n) is 11.3. The number of phenolic OH excluding ortho intramolecular Hbond substituents is 1. The van der Waals surface area contributed by atoms with E-state index in [0.29, 0.717) is 17.1 Å². The van der Waals surface area contributed by atoms with Gasteiger partial charge in [-0.15, -0.1) is 0 Å². The molecule has 0 spiro atoms. The molecule has 106 valence electrons. The molecule has 0 aromatic heterocycles. The molecule has 0 radical (unpaired) electrons. The minimum absolute atomic E-state index is 0.0957. The van der Waals surface area contributed by atoms with E-state index in [1.54, 1.807) is 31.4 Å². The van der Waals surface area contributed by atoms with E-state index in [-0.39, 0.29) is 24.9 Å². The Kier molecular flexibility index (Phi) is 4.85. The molecule has 0 saturated heterocycles. The van der Waals surface area contributed by atoms with Gasteiger partial charge in [0.15, 0.2) is 0 Å². The number of ether oxygens (including phenoxy) is 2. The number of aliphatic hydroxyl groups excluding tert-OH is 1. The molecule has 0 aliphatic heterocycles. The molecular weight excluding hydrogens is 256 g/mol. The van der Waals surface area contributed by atoms with Crippen molar-refractivity contribution in [1.82, 2.24) is 0 Å². The smallest absolute Gasteiger partial charge is 0.123 e. The maximum absolute atomic E-state index is 9.80. The molecule has 2 aromatic rings. The minimum Gasteiger partial charge on any atom is -0.508 e. The summed E-state index contributed by atoms with van der Waals surface area (Å²) < 4.78 is 10.8. The van der Waals surface area contributed by atoms with Crippen LogP contribution in [0.2, 0.25) is 0 Å². The Morgan fingerprint density at radius 2 is 1.80 bits per heavy atom. The predicted octanol–water partition coefficient (Wildman–Crippen LogP) is 2.56. The monoisotopic (exact) mass is 274 g/mol. The quantitative estimate of drug-likeness (QED) is 0.850. The van der Waals surface area contributed by atoms with Crippen LogP contribution in [-0.2, 0) is 0 Å². The van der Waals surface area contributed by atoms with Gasteiger partial charge in [-0.25, -0.2) is 0 Å². The highest BCUT2D eigenvalue weighted by molar-refractivity contribution is 5.36. The second-order valence-electron chi connectivity index (χ2n) is 4.43. The second-order valence-corrected chi connectivity index (χ2v) is 4.43. The number of aliphatic hydroxyl groups is 1. The molecule has 0 aliphatic carbocycles. The van der Waals surface area contributed by atoms with Crippen molar-refractivity contribution in [2.75, 3.05) is 20.3 Å². The van der Waals surface area contributed by atoms with Gasteiger partial charge in [-0.3, -0.25) is 0 Å². The summed E-state index contributed by atoms with van der Waals surface area (Å²) in [6.07, 6.45) is 0. The van der Waals surface area contributed by atoms with Gasteiger partial charge >= 0.3 is 0 Å². The van der Waals surface area contributed by atoms with Gasteiger partial charge in [0.05, 0.1) is 20.3 Å². The lowest BCUT2D eigenvalue weighted by Crippen LogP contribution is -2.14. The predicted molar refractivity (Wildman–Crippen MR) is 76.4 cm³/mol. The highest BCUT2D eigenvalue weighted by atomic mass is 16.5. The number of hydrogen-bond acceptors (Lipinski definition) is 4. The van der Waals surface area contributed by atoms with Crippen LogP contribution < -0.4 is 9.47 Å². The average molecular weight is 274 g/mol. The fourth-order valence-electron chi connectivity index (χ4n) is 1.96. The summed E-state index contributed by atoms with van der Waals surface area (Å²) in [7, 11) is 1.59. The van der Waals surface area contributed by atoms with E-state index in [4.69, 9.17) is 9.47 Å². The van der Waals surface area contributed by atoms with E-state index in [0.717, 1.165) is 0 Å². The summed E-state index contributed by atoms with van der Waals surface area (Å²) in [5, 5.41) is 19.3. The summed E-state index contributed by atoms with van der Waals surface area (Å²) in [6.45, 7) is 0.183. The van der Waals surface area contributed by atoms with Gasteiger partial charge in [0.1, 0.15) is 17.2 Å². The van der Waals surface area contributed by atoms with Crippen molar-refractivity contribution >= 4 is 0 Å². The van der Waals surface area contributed by atoms with E-state index in [1.165, 1.54) is 0 Å². The molecule has 0 saturated carbocycles. The van der Waals surface area contributed by atoms with Gasteiger partial charge in [0.2, 0.25) is 0 Å². The maximum atomic E-state index is 9.80. The summed E-state index contributed by atoms with van der Waals surface area (Å²) in [5.74, 6) is 1.27. The molecule has 1 unspecified atom stereocenters. The zero-order chi connectivity index (χ0) is 14.4. The fourth-order valence-corrected chi connectivity index (χ4v) is 1.96. The summed E-state index contributed by atoms with van der Waals surface area (Å²) >= 11 is 0. The van der Waals surface area contributed by atoms with Gasteiger partial charge in [-0.1, -0.05) is 24.3 Å². The lowest BCUT2D eigenvalue weighted by molar-refractivity contribution is 0.202. The van der Waals surface area contributed by atoms with Gasteiger partial charge in [-0.05, 0) is 18.2 Å². The molecule has 4 nitrogen and oxygen atoms in total. The molecule has 4 heteroatoms. The van der Waals surface area contributed by atoms with E-state index >= 15 is 0 Å².